The molecule has 242 valence electrons. The van der Waals surface area contributed by atoms with E-state index in [0.717, 1.165) is 62.5 Å². The van der Waals surface area contributed by atoms with Gasteiger partial charge in [0.25, 0.3) is 11.8 Å². The average molecular weight is 641 g/mol. The van der Waals surface area contributed by atoms with Crippen LogP contribution in [-0.2, 0) is 11.3 Å². The lowest BCUT2D eigenvalue weighted by Gasteiger charge is -2.44. The highest BCUT2D eigenvalue weighted by atomic mass is 32.2. The average Bonchev–Trinajstić information content (AvgIpc) is 3.07. The Morgan fingerprint density at radius 2 is 1.74 bits per heavy atom. The van der Waals surface area contributed by atoms with E-state index in [2.05, 4.69) is 52.1 Å². The molecule has 2 atom stereocenters. The van der Waals surface area contributed by atoms with Crippen LogP contribution in [0.5, 0.6) is 0 Å². The number of piperazine rings is 1. The van der Waals surface area contributed by atoms with Gasteiger partial charge in [-0.3, -0.25) is 14.5 Å². The van der Waals surface area contributed by atoms with E-state index in [1.54, 1.807) is 17.8 Å². The van der Waals surface area contributed by atoms with Crippen LogP contribution in [0.4, 0.5) is 10.1 Å². The summed E-state index contributed by atoms with van der Waals surface area (Å²) in [6.07, 6.45) is 7.44. The number of anilines is 1. The Labute approximate surface area is 277 Å². The Bertz CT molecular complexity index is 1570. The number of nitrogens with one attached hydrogen (secondary N) is 1. The highest BCUT2D eigenvalue weighted by molar-refractivity contribution is 8.04. The minimum absolute atomic E-state index is 0.0866. The molecule has 3 aromatic carbocycles. The lowest BCUT2D eigenvalue weighted by Crippen LogP contribution is -2.50. The maximum Gasteiger partial charge on any atom is 0.260 e. The van der Waals surface area contributed by atoms with Crippen LogP contribution in [0.3, 0.4) is 0 Å². The van der Waals surface area contributed by atoms with E-state index in [1.165, 1.54) is 35.6 Å². The van der Waals surface area contributed by atoms with Gasteiger partial charge < -0.3 is 15.1 Å². The van der Waals surface area contributed by atoms with Crippen LogP contribution >= 0.6 is 11.8 Å². The zero-order valence-corrected chi connectivity index (χ0v) is 27.8. The summed E-state index contributed by atoms with van der Waals surface area (Å²) in [6, 6.07) is 21.3. The number of hydrogen-bond donors (Lipinski definition) is 1. The summed E-state index contributed by atoms with van der Waals surface area (Å²) >= 11 is 1.74. The van der Waals surface area contributed by atoms with Crippen LogP contribution in [0.25, 0.3) is 6.08 Å². The van der Waals surface area contributed by atoms with Gasteiger partial charge in [0.1, 0.15) is 5.82 Å². The summed E-state index contributed by atoms with van der Waals surface area (Å²) in [5.74, 6) is -0.140. The molecule has 2 amide bonds. The van der Waals surface area contributed by atoms with Crippen molar-refractivity contribution >= 4 is 35.3 Å². The van der Waals surface area contributed by atoms with Gasteiger partial charge >= 0.3 is 0 Å². The molecule has 2 unspecified atom stereocenters. The van der Waals surface area contributed by atoms with Crippen molar-refractivity contribution in [3.05, 3.63) is 105 Å². The van der Waals surface area contributed by atoms with E-state index < -0.39 is 0 Å². The number of benzene rings is 3. The summed E-state index contributed by atoms with van der Waals surface area (Å²) in [7, 11) is 0. The minimum atomic E-state index is -0.169. The molecule has 3 fully saturated rings. The quantitative estimate of drug-likeness (QED) is 0.206. The van der Waals surface area contributed by atoms with Crippen LogP contribution in [0.15, 0.2) is 71.6 Å². The zero-order chi connectivity index (χ0) is 32.0. The topological polar surface area (TPSA) is 55.9 Å². The number of carbonyl (C=O) groups excluding carboxylic acids is 2. The first-order valence-electron chi connectivity index (χ1n) is 16.7. The number of para-hydroxylation sites is 1. The first kappa shape index (κ1) is 32.3. The lowest BCUT2D eigenvalue weighted by molar-refractivity contribution is -0.130. The normalized spacial score (nSPS) is 21.4. The Hall–Kier alpha value is -3.62. The molecule has 3 aromatic rings. The Morgan fingerprint density at radius 1 is 0.978 bits per heavy atom. The van der Waals surface area contributed by atoms with Crippen molar-refractivity contribution in [1.82, 2.24) is 15.1 Å². The van der Waals surface area contributed by atoms with Crippen molar-refractivity contribution in [2.24, 2.45) is 0 Å². The molecule has 2 saturated heterocycles. The molecule has 1 N–H and O–H groups in total. The number of thioether (sulfide) groups is 1. The highest BCUT2D eigenvalue weighted by Gasteiger charge is 2.40. The molecule has 0 bridgehead atoms. The number of halogens is 1. The standard InChI is InChI=1S/C38H45FN4O2S/c1-27-12-13-28(2)31(24-27)26-43-34-10-5-6-11-35(34)46-36(38(43)45)25-29-14-16-30(17-15-29)37(44)40-18-7-19-41-20-22-42(23-21-41)33-9-4-3-8-32(33)39/h3-4,8-9,12-17,24-25,34-35H,5-7,10-11,18-23,26H2,1-2H3,(H,40,44)/b36-25+. The number of carbonyl (C=O) groups is 2. The summed E-state index contributed by atoms with van der Waals surface area (Å²) < 4.78 is 14.1. The number of nitrogens with zero attached hydrogens (tertiary/aromatic N) is 3. The third-order valence-corrected chi connectivity index (χ3v) is 11.0. The van der Waals surface area contributed by atoms with Gasteiger partial charge in [0.2, 0.25) is 0 Å². The SMILES string of the molecule is Cc1ccc(C)c(CN2C(=O)/C(=C\c3ccc(C(=O)NCCCN4CCN(c5ccccc5F)CC4)cc3)SC3CCCCC32)c1. The second-order valence-corrected chi connectivity index (χ2v) is 14.2. The van der Waals surface area contributed by atoms with Gasteiger partial charge in [0.15, 0.2) is 0 Å². The van der Waals surface area contributed by atoms with Crippen molar-refractivity contribution in [3.63, 3.8) is 0 Å². The molecule has 2 heterocycles. The fraction of sp³-hybridized carbons (Fsp3) is 0.421. The second kappa shape index (κ2) is 14.9. The fourth-order valence-corrected chi connectivity index (χ4v) is 8.40. The van der Waals surface area contributed by atoms with Crippen molar-refractivity contribution in [2.45, 2.75) is 63.8 Å². The van der Waals surface area contributed by atoms with Crippen LogP contribution in [0.1, 0.15) is 64.7 Å². The number of hydrogen-bond acceptors (Lipinski definition) is 5. The summed E-state index contributed by atoms with van der Waals surface area (Å²) in [4.78, 5) is 34.1. The van der Waals surface area contributed by atoms with Gasteiger partial charge in [0, 0.05) is 56.1 Å². The van der Waals surface area contributed by atoms with Gasteiger partial charge in [-0.1, -0.05) is 60.9 Å². The first-order chi connectivity index (χ1) is 22.4. The predicted octanol–water partition coefficient (Wildman–Crippen LogP) is 6.81. The maximum atomic E-state index is 14.1. The highest BCUT2D eigenvalue weighted by Crippen LogP contribution is 2.43. The third-order valence-electron chi connectivity index (χ3n) is 9.64. The monoisotopic (exact) mass is 640 g/mol. The van der Waals surface area contributed by atoms with E-state index in [-0.39, 0.29) is 23.7 Å². The number of amides is 2. The molecule has 1 saturated carbocycles. The molecule has 6 nitrogen and oxygen atoms in total. The van der Waals surface area contributed by atoms with Gasteiger partial charge in [-0.2, -0.15) is 0 Å². The first-order valence-corrected chi connectivity index (χ1v) is 17.6. The molecule has 46 heavy (non-hydrogen) atoms. The summed E-state index contributed by atoms with van der Waals surface area (Å²) in [6.45, 7) is 9.73. The summed E-state index contributed by atoms with van der Waals surface area (Å²) in [5.41, 5.74) is 5.89. The van der Waals surface area contributed by atoms with Crippen LogP contribution in [0.2, 0.25) is 0 Å². The lowest BCUT2D eigenvalue weighted by atomic mass is 9.92. The Balaban J connectivity index is 1.01. The molecule has 0 spiro atoms. The van der Waals surface area contributed by atoms with Crippen molar-refractivity contribution < 1.29 is 14.0 Å². The van der Waals surface area contributed by atoms with E-state index in [4.69, 9.17) is 0 Å². The number of aryl methyl sites for hydroxylation is 2. The largest absolute Gasteiger partial charge is 0.367 e. The van der Waals surface area contributed by atoms with E-state index in [1.807, 2.05) is 42.5 Å². The smallest absolute Gasteiger partial charge is 0.260 e. The van der Waals surface area contributed by atoms with Crippen LogP contribution in [0, 0.1) is 19.7 Å². The van der Waals surface area contributed by atoms with Crippen LogP contribution < -0.4 is 10.2 Å². The molecule has 6 rings (SSSR count). The molecule has 0 aromatic heterocycles. The summed E-state index contributed by atoms with van der Waals surface area (Å²) in [5, 5.41) is 3.47. The molecule has 2 aliphatic heterocycles. The molecule has 0 radical (unpaired) electrons. The van der Waals surface area contributed by atoms with Gasteiger partial charge in [-0.25, -0.2) is 4.39 Å². The van der Waals surface area contributed by atoms with Crippen LogP contribution in [-0.4, -0.2) is 72.2 Å². The van der Waals surface area contributed by atoms with Gasteiger partial charge in [-0.15, -0.1) is 11.8 Å². The van der Waals surface area contributed by atoms with Gasteiger partial charge in [0.05, 0.1) is 10.6 Å². The minimum Gasteiger partial charge on any atom is -0.367 e. The van der Waals surface area contributed by atoms with Crippen molar-refractivity contribution in [1.29, 1.82) is 0 Å². The molecule has 3 aliphatic rings. The van der Waals surface area contributed by atoms with Gasteiger partial charge in [-0.05, 0) is 86.7 Å². The third kappa shape index (κ3) is 7.67. The Morgan fingerprint density at radius 3 is 2.52 bits per heavy atom. The number of rotatable bonds is 9. The second-order valence-electron chi connectivity index (χ2n) is 12.9. The number of fused-ring (bicyclic) bond motifs is 1. The fourth-order valence-electron chi connectivity index (χ4n) is 6.93. The molecule has 1 aliphatic carbocycles. The van der Waals surface area contributed by atoms with Crippen molar-refractivity contribution in [3.8, 4) is 0 Å². The predicted molar refractivity (Wildman–Crippen MR) is 187 cm³/mol. The molecular weight excluding hydrogens is 596 g/mol. The zero-order valence-electron chi connectivity index (χ0n) is 27.0. The van der Waals surface area contributed by atoms with Crippen molar-refractivity contribution in [2.75, 3.05) is 44.2 Å². The van der Waals surface area contributed by atoms with E-state index in [0.29, 0.717) is 29.6 Å². The van der Waals surface area contributed by atoms with E-state index >= 15 is 0 Å². The molecule has 8 heteroatoms. The Kier molecular flexibility index (Phi) is 10.4. The maximum absolute atomic E-state index is 14.1. The van der Waals surface area contributed by atoms with E-state index in [9.17, 15) is 14.0 Å². The molecular formula is C38H45FN4O2S.